The van der Waals surface area contributed by atoms with E-state index < -0.39 is 5.91 Å². The normalized spacial score (nSPS) is 10.6. The van der Waals surface area contributed by atoms with Gasteiger partial charge < -0.3 is 17.5 Å². The van der Waals surface area contributed by atoms with Crippen molar-refractivity contribution in [2.24, 2.45) is 0 Å². The minimum atomic E-state index is -0.554. The van der Waals surface area contributed by atoms with E-state index in [9.17, 15) is 4.79 Å². The summed E-state index contributed by atoms with van der Waals surface area (Å²) in [6, 6.07) is 13.7. The molecule has 0 saturated carbocycles. The Morgan fingerprint density at radius 2 is 1.90 bits per heavy atom. The van der Waals surface area contributed by atoms with Crippen LogP contribution in [-0.2, 0) is 38.7 Å². The molecule has 1 amide bonds. The molecule has 5 heteroatoms. The minimum absolute atomic E-state index is 0. The number of benzene rings is 2. The van der Waals surface area contributed by atoms with Gasteiger partial charge in [0.05, 0.1) is 0 Å². The number of fused-ring (bicyclic) bond motifs is 1. The topological polar surface area (TPSA) is 52.9 Å². The van der Waals surface area contributed by atoms with Gasteiger partial charge in [-0.05, 0) is 35.4 Å². The van der Waals surface area contributed by atoms with Crippen LogP contribution in [0.1, 0.15) is 11.1 Å². The Morgan fingerprint density at radius 1 is 1.25 bits per heavy atom. The van der Waals surface area contributed by atoms with E-state index in [1.54, 1.807) is 0 Å². The van der Waals surface area contributed by atoms with Crippen molar-refractivity contribution in [3.63, 3.8) is 0 Å². The first kappa shape index (κ1) is 16.5. The van der Waals surface area contributed by atoms with Gasteiger partial charge in [0, 0.05) is 21.1 Å². The third-order valence-corrected chi connectivity index (χ3v) is 2.97. The number of hydrogen-bond acceptors (Lipinski definition) is 3. The molecule has 0 aliphatic carbocycles. The van der Waals surface area contributed by atoms with Crippen LogP contribution < -0.4 is 4.72 Å². The van der Waals surface area contributed by atoms with Crippen LogP contribution in [0.5, 0.6) is 0 Å². The average molecular weight is 451 g/mol. The number of nitrogens with one attached hydrogen (secondary N) is 1. The van der Waals surface area contributed by atoms with E-state index in [-0.39, 0.29) is 26.6 Å². The van der Waals surface area contributed by atoms with Crippen molar-refractivity contribution in [2.75, 3.05) is 0 Å². The maximum atomic E-state index is 11.3. The number of carbonyl (C=O) groups excluding carboxylic acids is 1. The van der Waals surface area contributed by atoms with Gasteiger partial charge >= 0.3 is 0 Å². The summed E-state index contributed by atoms with van der Waals surface area (Å²) in [6.45, 7) is 2.04. The molecule has 0 aliphatic rings. The third kappa shape index (κ3) is 3.72. The van der Waals surface area contributed by atoms with Gasteiger partial charge in [-0.2, -0.15) is 5.26 Å². The molecule has 0 atom stereocenters. The zero-order valence-electron chi connectivity index (χ0n) is 10.7. The summed E-state index contributed by atoms with van der Waals surface area (Å²) in [7, 11) is 0. The Balaban J connectivity index is 0.00000200. The van der Waals surface area contributed by atoms with E-state index in [2.05, 4.69) is 18.9 Å². The van der Waals surface area contributed by atoms with Crippen LogP contribution in [0.15, 0.2) is 42.0 Å². The maximum Gasteiger partial charge on any atom is 0.240 e. The first-order valence-corrected chi connectivity index (χ1v) is 6.09. The molecule has 0 heterocycles. The number of amides is 1. The molecule has 0 radical (unpaired) electrons. The number of rotatable bonds is 2. The Labute approximate surface area is 137 Å². The quantitative estimate of drug-likeness (QED) is 0.434. The molecule has 2 rings (SSSR count). The molecule has 2 aromatic carbocycles. The van der Waals surface area contributed by atoms with Gasteiger partial charge in [-0.1, -0.05) is 35.9 Å². The predicted molar refractivity (Wildman–Crippen MR) is 77.8 cm³/mol. The molecule has 0 saturated heterocycles. The summed E-state index contributed by atoms with van der Waals surface area (Å²) in [6.07, 6.45) is 1.53. The molecule has 20 heavy (non-hydrogen) atoms. The van der Waals surface area contributed by atoms with E-state index in [1.807, 2.05) is 48.0 Å². The van der Waals surface area contributed by atoms with Gasteiger partial charge in [0.15, 0.2) is 0 Å². The van der Waals surface area contributed by atoms with Gasteiger partial charge in [-0.15, -0.1) is 0 Å². The molecule has 2 aromatic rings. The molecule has 0 aliphatic heterocycles. The maximum absolute atomic E-state index is 11.3. The Kier molecular flexibility index (Phi) is 6.00. The summed E-state index contributed by atoms with van der Waals surface area (Å²) < 4.78 is 2.03. The van der Waals surface area contributed by atoms with E-state index in [1.165, 1.54) is 11.6 Å². The number of hydrogen-bond donors (Lipinski definition) is 1. The number of nitriles is 1. The molecule has 0 fully saturated rings. The molecular weight excluding hydrogens is 440 g/mol. The van der Waals surface area contributed by atoms with Crippen LogP contribution >= 0.6 is 0 Å². The van der Waals surface area contributed by atoms with E-state index in [0.717, 1.165) is 16.3 Å². The molecule has 100 valence electrons. The van der Waals surface area contributed by atoms with Crippen molar-refractivity contribution < 1.29 is 25.9 Å². The van der Waals surface area contributed by atoms with Crippen LogP contribution in [0.2, 0.25) is 0 Å². The summed E-state index contributed by atoms with van der Waals surface area (Å²) in [5.74, 6) is -0.554. The van der Waals surface area contributed by atoms with Crippen molar-refractivity contribution in [3.8, 4) is 6.07 Å². The average Bonchev–Trinajstić information content (AvgIpc) is 2.44. The molecule has 0 unspecified atom stereocenters. The van der Waals surface area contributed by atoms with Crippen molar-refractivity contribution >= 4 is 35.6 Å². The second-order valence-electron chi connectivity index (χ2n) is 4.21. The summed E-state index contributed by atoms with van der Waals surface area (Å²) >= 11 is 4.43. The zero-order chi connectivity index (χ0) is 13.8. The van der Waals surface area contributed by atoms with E-state index >= 15 is 0 Å². The fourth-order valence-corrected chi connectivity index (χ4v) is 1.95. The van der Waals surface area contributed by atoms with Crippen LogP contribution in [0, 0.1) is 18.3 Å². The largest absolute Gasteiger partial charge is 0.667 e. The van der Waals surface area contributed by atoms with Gasteiger partial charge in [0.25, 0.3) is 0 Å². The summed E-state index contributed by atoms with van der Waals surface area (Å²) in [5.41, 5.74) is 1.99. The van der Waals surface area contributed by atoms with Gasteiger partial charge in [-0.3, -0.25) is 4.79 Å². The molecular formula is C15H11N2OSW-. The van der Waals surface area contributed by atoms with Crippen molar-refractivity contribution in [1.29, 1.82) is 5.26 Å². The van der Waals surface area contributed by atoms with Crippen molar-refractivity contribution in [2.45, 2.75) is 6.92 Å². The number of carbonyl (C=O) groups is 1. The molecule has 0 aromatic heterocycles. The fourth-order valence-electron chi connectivity index (χ4n) is 1.84. The molecule has 3 nitrogen and oxygen atoms in total. The van der Waals surface area contributed by atoms with Gasteiger partial charge in [0.1, 0.15) is 11.6 Å². The monoisotopic (exact) mass is 451 g/mol. The summed E-state index contributed by atoms with van der Waals surface area (Å²) in [4.78, 5) is 11.3. The number of aryl methyl sites for hydroxylation is 1. The van der Waals surface area contributed by atoms with Gasteiger partial charge in [-0.25, -0.2) is 0 Å². The molecule has 1 N–H and O–H groups in total. The molecule has 0 bridgehead atoms. The van der Waals surface area contributed by atoms with Crippen LogP contribution in [-0.4, -0.2) is 5.91 Å². The van der Waals surface area contributed by atoms with E-state index in [0.29, 0.717) is 0 Å². The van der Waals surface area contributed by atoms with Crippen LogP contribution in [0.25, 0.3) is 16.8 Å². The second-order valence-corrected chi connectivity index (χ2v) is 4.42. The third-order valence-electron chi connectivity index (χ3n) is 2.79. The van der Waals surface area contributed by atoms with Crippen molar-refractivity contribution in [1.82, 2.24) is 4.72 Å². The number of nitrogens with zero attached hydrogens (tertiary/aromatic N) is 1. The Bertz CT molecular complexity index is 719. The van der Waals surface area contributed by atoms with Crippen LogP contribution in [0.4, 0.5) is 0 Å². The van der Waals surface area contributed by atoms with Gasteiger partial charge in [0.2, 0.25) is 5.91 Å². The van der Waals surface area contributed by atoms with Crippen LogP contribution in [0.3, 0.4) is 0 Å². The SMILES string of the molecule is Cc1ccc2cc(/C=C(\C#N)C(=O)N[S-])ccc2c1.[W]. The smallest absolute Gasteiger partial charge is 0.240 e. The first-order chi connectivity index (χ1) is 9.13. The fraction of sp³-hybridized carbons (Fsp3) is 0.0667. The predicted octanol–water partition coefficient (Wildman–Crippen LogP) is 2.63. The Morgan fingerprint density at radius 3 is 2.55 bits per heavy atom. The zero-order valence-corrected chi connectivity index (χ0v) is 14.5. The Hall–Kier alpha value is -1.56. The second kappa shape index (κ2) is 7.28. The summed E-state index contributed by atoms with van der Waals surface area (Å²) in [5, 5.41) is 11.1. The van der Waals surface area contributed by atoms with Crippen molar-refractivity contribution in [3.05, 3.63) is 53.1 Å². The van der Waals surface area contributed by atoms with E-state index in [4.69, 9.17) is 5.26 Å². The standard InChI is InChI=1S/C15H11N2OS.W/c1-10-2-4-13-7-11(3-5-12(13)6-10)8-14(9-16)15(18)17-19;/h2-8H,1H3,(H-,17,18,19);/q-1;/b14-8+;. The minimum Gasteiger partial charge on any atom is -0.667 e. The first-order valence-electron chi connectivity index (χ1n) is 5.69. The molecule has 0 spiro atoms.